The lowest BCUT2D eigenvalue weighted by Gasteiger charge is -2.14. The Bertz CT molecular complexity index is 1660. The van der Waals surface area contributed by atoms with Gasteiger partial charge in [0, 0.05) is 41.8 Å². The summed E-state index contributed by atoms with van der Waals surface area (Å²) in [5, 5.41) is 5.11. The maximum absolute atomic E-state index is 14.2. The lowest BCUT2D eigenvalue weighted by molar-refractivity contribution is 0.400. The number of hydrogen-bond acceptors (Lipinski definition) is 6. The van der Waals surface area contributed by atoms with Gasteiger partial charge in [-0.3, -0.25) is 9.71 Å². The first kappa shape index (κ1) is 22.4. The number of ether oxygens (including phenoxy) is 1. The number of aromatic nitrogens is 4. The van der Waals surface area contributed by atoms with Crippen LogP contribution in [-0.2, 0) is 10.0 Å². The minimum absolute atomic E-state index is 0.00712. The van der Waals surface area contributed by atoms with Crippen LogP contribution in [0.3, 0.4) is 0 Å². The summed E-state index contributed by atoms with van der Waals surface area (Å²) in [6, 6.07) is 12.9. The van der Waals surface area contributed by atoms with E-state index in [1.165, 1.54) is 19.4 Å². The van der Waals surface area contributed by atoms with Crippen LogP contribution in [0.5, 0.6) is 5.88 Å². The molecule has 0 unspecified atom stereocenters. The third kappa shape index (κ3) is 4.28. The minimum Gasteiger partial charge on any atom is -0.480 e. The molecule has 0 fully saturated rings. The third-order valence-electron chi connectivity index (χ3n) is 5.28. The van der Waals surface area contributed by atoms with E-state index >= 15 is 0 Å². The van der Waals surface area contributed by atoms with E-state index in [2.05, 4.69) is 19.8 Å². The molecule has 0 aliphatic carbocycles. The van der Waals surface area contributed by atoms with E-state index in [9.17, 15) is 17.2 Å². The molecule has 1 N–H and O–H groups in total. The number of pyridine rings is 2. The van der Waals surface area contributed by atoms with E-state index in [1.54, 1.807) is 17.1 Å². The molecule has 5 aromatic rings. The van der Waals surface area contributed by atoms with Crippen molar-refractivity contribution in [2.75, 3.05) is 11.8 Å². The van der Waals surface area contributed by atoms with Crippen LogP contribution >= 0.6 is 0 Å². The summed E-state index contributed by atoms with van der Waals surface area (Å²) in [6.07, 6.45) is 6.71. The number of anilines is 1. The van der Waals surface area contributed by atoms with E-state index in [1.807, 2.05) is 36.5 Å². The fraction of sp³-hybridized carbons (Fsp3) is 0.0417. The largest absolute Gasteiger partial charge is 0.480 e. The molecule has 0 saturated carbocycles. The van der Waals surface area contributed by atoms with Gasteiger partial charge in [-0.05, 0) is 48.0 Å². The molecule has 0 radical (unpaired) electrons. The molecule has 176 valence electrons. The van der Waals surface area contributed by atoms with E-state index in [0.717, 1.165) is 34.3 Å². The summed E-state index contributed by atoms with van der Waals surface area (Å²) in [7, 11) is -3.07. The van der Waals surface area contributed by atoms with Gasteiger partial charge >= 0.3 is 0 Å². The Kier molecular flexibility index (Phi) is 5.61. The van der Waals surface area contributed by atoms with Crippen molar-refractivity contribution in [3.63, 3.8) is 0 Å². The summed E-state index contributed by atoms with van der Waals surface area (Å²) in [5.41, 5.74) is 2.85. The van der Waals surface area contributed by atoms with Crippen molar-refractivity contribution in [2.45, 2.75) is 4.90 Å². The monoisotopic (exact) mass is 493 g/mol. The van der Waals surface area contributed by atoms with Crippen molar-refractivity contribution >= 4 is 26.6 Å². The van der Waals surface area contributed by atoms with Crippen LogP contribution in [-0.4, -0.2) is 35.3 Å². The second kappa shape index (κ2) is 8.76. The molecule has 11 heteroatoms. The Hall–Kier alpha value is -4.38. The maximum Gasteiger partial charge on any atom is 0.264 e. The molecule has 0 aliphatic heterocycles. The van der Waals surface area contributed by atoms with Crippen LogP contribution in [0.1, 0.15) is 0 Å². The maximum atomic E-state index is 14.2. The topological polar surface area (TPSA) is 99.0 Å². The molecule has 0 saturated heterocycles. The van der Waals surface area contributed by atoms with Crippen molar-refractivity contribution < 1.29 is 21.9 Å². The first-order valence-corrected chi connectivity index (χ1v) is 11.7. The summed E-state index contributed by atoms with van der Waals surface area (Å²) in [4.78, 5) is 7.90. The van der Waals surface area contributed by atoms with Crippen LogP contribution in [0, 0.1) is 11.6 Å². The van der Waals surface area contributed by atoms with E-state index in [0.29, 0.717) is 11.6 Å². The van der Waals surface area contributed by atoms with Crippen molar-refractivity contribution in [1.29, 1.82) is 0 Å². The molecule has 3 aromatic heterocycles. The lowest BCUT2D eigenvalue weighted by atomic mass is 10.0. The molecular weight excluding hydrogens is 476 g/mol. The average molecular weight is 493 g/mol. The summed E-state index contributed by atoms with van der Waals surface area (Å²) in [6.45, 7) is 0. The molecule has 0 atom stereocenters. The molecule has 8 nitrogen and oxygen atoms in total. The Morgan fingerprint density at radius 3 is 2.57 bits per heavy atom. The highest BCUT2D eigenvalue weighted by Crippen LogP contribution is 2.32. The minimum atomic E-state index is -4.40. The van der Waals surface area contributed by atoms with Gasteiger partial charge < -0.3 is 4.74 Å². The molecule has 5 rings (SSSR count). The summed E-state index contributed by atoms with van der Waals surface area (Å²) < 4.78 is 62.3. The molecule has 3 heterocycles. The number of rotatable bonds is 6. The van der Waals surface area contributed by atoms with Gasteiger partial charge in [0.25, 0.3) is 10.0 Å². The number of nitrogens with one attached hydrogen (secondary N) is 1. The van der Waals surface area contributed by atoms with Gasteiger partial charge in [0.05, 0.1) is 18.3 Å². The Morgan fingerprint density at radius 2 is 1.83 bits per heavy atom. The Morgan fingerprint density at radius 1 is 0.971 bits per heavy atom. The van der Waals surface area contributed by atoms with Gasteiger partial charge in [-0.2, -0.15) is 5.10 Å². The number of hydrogen-bond donors (Lipinski definition) is 1. The number of fused-ring (bicyclic) bond motifs is 1. The van der Waals surface area contributed by atoms with Gasteiger partial charge in [0.1, 0.15) is 22.2 Å². The molecule has 0 aliphatic rings. The van der Waals surface area contributed by atoms with Crippen LogP contribution in [0.4, 0.5) is 14.5 Å². The second-order valence-electron chi connectivity index (χ2n) is 7.47. The number of sulfonamides is 1. The quantitative estimate of drug-likeness (QED) is 0.372. The summed E-state index contributed by atoms with van der Waals surface area (Å²) >= 11 is 0. The number of benzene rings is 2. The predicted octanol–water partition coefficient (Wildman–Crippen LogP) is 4.57. The molecular formula is C24H17F2N5O3S. The zero-order valence-electron chi connectivity index (χ0n) is 18.2. The normalized spacial score (nSPS) is 11.5. The van der Waals surface area contributed by atoms with Crippen molar-refractivity contribution in [3.05, 3.63) is 91.0 Å². The van der Waals surface area contributed by atoms with Crippen LogP contribution in [0.2, 0.25) is 0 Å². The van der Waals surface area contributed by atoms with E-state index in [4.69, 9.17) is 4.74 Å². The molecule has 2 aromatic carbocycles. The van der Waals surface area contributed by atoms with Gasteiger partial charge in [-0.15, -0.1) is 0 Å². The number of methoxy groups -OCH3 is 1. The highest BCUT2D eigenvalue weighted by Gasteiger charge is 2.22. The molecule has 0 amide bonds. The van der Waals surface area contributed by atoms with Gasteiger partial charge in [-0.25, -0.2) is 26.9 Å². The Labute approximate surface area is 198 Å². The summed E-state index contributed by atoms with van der Waals surface area (Å²) in [5.74, 6) is -2.11. The zero-order chi connectivity index (χ0) is 24.6. The number of halogens is 2. The van der Waals surface area contributed by atoms with Gasteiger partial charge in [0.15, 0.2) is 0 Å². The zero-order valence-corrected chi connectivity index (χ0v) is 19.0. The van der Waals surface area contributed by atoms with Crippen LogP contribution in [0.25, 0.3) is 27.7 Å². The smallest absolute Gasteiger partial charge is 0.264 e. The first-order valence-electron chi connectivity index (χ1n) is 10.3. The third-order valence-corrected chi connectivity index (χ3v) is 6.67. The highest BCUT2D eigenvalue weighted by atomic mass is 32.2. The van der Waals surface area contributed by atoms with Crippen LogP contribution in [0.15, 0.2) is 84.3 Å². The highest BCUT2D eigenvalue weighted by molar-refractivity contribution is 7.92. The van der Waals surface area contributed by atoms with Crippen molar-refractivity contribution in [3.8, 4) is 22.7 Å². The molecule has 0 spiro atoms. The van der Waals surface area contributed by atoms with Gasteiger partial charge in [-0.1, -0.05) is 6.07 Å². The first-order chi connectivity index (χ1) is 16.9. The van der Waals surface area contributed by atoms with E-state index < -0.39 is 26.6 Å². The fourth-order valence-corrected chi connectivity index (χ4v) is 4.77. The number of nitrogens with zero attached hydrogens (tertiary/aromatic N) is 4. The lowest BCUT2D eigenvalue weighted by Crippen LogP contribution is -2.15. The van der Waals surface area contributed by atoms with Crippen molar-refractivity contribution in [2.24, 2.45) is 0 Å². The fourth-order valence-electron chi connectivity index (χ4n) is 3.66. The standard InChI is InChI=1S/C24H17F2N5O3S/c1-34-24-21(30-35(32,33)23-6-4-17(25)13-19(23)26)12-16(14-28-24)15-3-5-20-18(11-15)22(7-9-27-20)31-10-2-8-29-31/h2-14,30H,1H3. The Balaban J connectivity index is 1.58. The van der Waals surface area contributed by atoms with E-state index in [-0.39, 0.29) is 11.6 Å². The van der Waals surface area contributed by atoms with Crippen LogP contribution < -0.4 is 9.46 Å². The van der Waals surface area contributed by atoms with Crippen molar-refractivity contribution in [1.82, 2.24) is 19.7 Å². The predicted molar refractivity (Wildman–Crippen MR) is 126 cm³/mol. The van der Waals surface area contributed by atoms with Gasteiger partial charge in [0.2, 0.25) is 5.88 Å². The molecule has 0 bridgehead atoms. The second-order valence-corrected chi connectivity index (χ2v) is 9.12. The SMILES string of the molecule is COc1ncc(-c2ccc3nccc(-n4cccn4)c3c2)cc1NS(=O)(=O)c1ccc(F)cc1F. The molecule has 35 heavy (non-hydrogen) atoms. The average Bonchev–Trinajstić information content (AvgIpc) is 3.37.